The van der Waals surface area contributed by atoms with E-state index in [-0.39, 0.29) is 20.9 Å². The van der Waals surface area contributed by atoms with Gasteiger partial charge in [-0.2, -0.15) is 10.5 Å². The zero-order valence-electron chi connectivity index (χ0n) is 10.0. The summed E-state index contributed by atoms with van der Waals surface area (Å²) < 4.78 is 25.7. The largest absolute Gasteiger partial charge is 0.218 e. The minimum absolute atomic E-state index is 0.0352. The molecule has 0 unspecified atom stereocenters. The van der Waals surface area contributed by atoms with Crippen LogP contribution in [0.5, 0.6) is 0 Å². The van der Waals surface area contributed by atoms with Crippen molar-refractivity contribution in [1.82, 2.24) is 0 Å². The van der Waals surface area contributed by atoms with Gasteiger partial charge in [0.25, 0.3) is 0 Å². The first kappa shape index (κ1) is 14.3. The quantitative estimate of drug-likeness (QED) is 0.836. The van der Waals surface area contributed by atoms with E-state index in [1.54, 1.807) is 12.1 Å². The van der Waals surface area contributed by atoms with Crippen molar-refractivity contribution < 1.29 is 8.42 Å². The molecule has 0 saturated carbocycles. The molecule has 0 atom stereocenters. The molecule has 4 nitrogen and oxygen atoms in total. The van der Waals surface area contributed by atoms with Gasteiger partial charge in [0.2, 0.25) is 9.84 Å². The Morgan fingerprint density at radius 3 is 2.15 bits per heavy atom. The van der Waals surface area contributed by atoms with Crippen molar-refractivity contribution in [3.8, 4) is 12.1 Å². The Morgan fingerprint density at radius 1 is 0.950 bits per heavy atom. The van der Waals surface area contributed by atoms with E-state index >= 15 is 0 Å². The van der Waals surface area contributed by atoms with E-state index in [1.807, 2.05) is 12.1 Å². The van der Waals surface area contributed by atoms with Crippen LogP contribution in [0.3, 0.4) is 0 Å². The summed E-state index contributed by atoms with van der Waals surface area (Å²) in [5.41, 5.74) is 0.211. The Kier molecular flexibility index (Phi) is 3.89. The van der Waals surface area contributed by atoms with Gasteiger partial charge in [-0.1, -0.05) is 15.9 Å². The highest BCUT2D eigenvalue weighted by Gasteiger charge is 2.21. The van der Waals surface area contributed by atoms with Gasteiger partial charge in [-0.15, -0.1) is 0 Å². The molecule has 98 valence electrons. The zero-order chi connectivity index (χ0) is 14.8. The molecule has 0 fully saturated rings. The van der Waals surface area contributed by atoms with Crippen LogP contribution >= 0.6 is 15.9 Å². The molecule has 0 heterocycles. The van der Waals surface area contributed by atoms with Gasteiger partial charge in [0.15, 0.2) is 0 Å². The lowest BCUT2D eigenvalue weighted by molar-refractivity contribution is 0.596. The topological polar surface area (TPSA) is 81.7 Å². The van der Waals surface area contributed by atoms with E-state index < -0.39 is 9.84 Å². The van der Waals surface area contributed by atoms with Gasteiger partial charge >= 0.3 is 0 Å². The first-order valence-corrected chi connectivity index (χ1v) is 7.71. The number of nitriles is 2. The minimum atomic E-state index is -3.78. The number of hydrogen-bond acceptors (Lipinski definition) is 4. The average Bonchev–Trinajstić information content (AvgIpc) is 2.46. The highest BCUT2D eigenvalue weighted by atomic mass is 79.9. The Balaban J connectivity index is 2.64. The fourth-order valence-corrected chi connectivity index (χ4v) is 3.32. The SMILES string of the molecule is N#Cc1ccc(S(=O)(=O)c2ccc(Br)cc2)c(C#N)c1. The second kappa shape index (κ2) is 5.46. The number of sulfone groups is 1. The molecular weight excluding hydrogens is 340 g/mol. The van der Waals surface area contributed by atoms with Crippen LogP contribution in [0.25, 0.3) is 0 Å². The van der Waals surface area contributed by atoms with E-state index in [2.05, 4.69) is 15.9 Å². The molecule has 2 aromatic carbocycles. The molecule has 0 N–H and O–H groups in total. The normalized spacial score (nSPS) is 10.6. The third-order valence-corrected chi connectivity index (χ3v) is 5.00. The summed E-state index contributed by atoms with van der Waals surface area (Å²) >= 11 is 3.23. The third-order valence-electron chi connectivity index (χ3n) is 2.64. The molecule has 0 aromatic heterocycles. The first-order chi connectivity index (χ1) is 9.48. The van der Waals surface area contributed by atoms with E-state index in [0.717, 1.165) is 4.47 Å². The van der Waals surface area contributed by atoms with Gasteiger partial charge in [0.05, 0.1) is 27.0 Å². The molecule has 0 amide bonds. The molecule has 6 heteroatoms. The van der Waals surface area contributed by atoms with E-state index in [9.17, 15) is 8.42 Å². The van der Waals surface area contributed by atoms with Crippen molar-refractivity contribution in [1.29, 1.82) is 10.5 Å². The smallest absolute Gasteiger partial charge is 0.207 e. The summed E-state index contributed by atoms with van der Waals surface area (Å²) in [5.74, 6) is 0. The molecule has 2 rings (SSSR count). The van der Waals surface area contributed by atoms with Crippen LogP contribution < -0.4 is 0 Å². The number of halogens is 1. The number of hydrogen-bond donors (Lipinski definition) is 0. The molecular formula is C14H7BrN2O2S. The first-order valence-electron chi connectivity index (χ1n) is 5.44. The van der Waals surface area contributed by atoms with Crippen molar-refractivity contribution in [2.75, 3.05) is 0 Å². The molecule has 20 heavy (non-hydrogen) atoms. The molecule has 0 saturated heterocycles. The Bertz CT molecular complexity index is 844. The van der Waals surface area contributed by atoms with Gasteiger partial charge < -0.3 is 0 Å². The Morgan fingerprint density at radius 2 is 1.60 bits per heavy atom. The van der Waals surface area contributed by atoms with Crippen molar-refractivity contribution in [2.45, 2.75) is 9.79 Å². The second-order valence-corrected chi connectivity index (χ2v) is 6.73. The fourth-order valence-electron chi connectivity index (χ4n) is 1.66. The lowest BCUT2D eigenvalue weighted by Crippen LogP contribution is -2.04. The predicted octanol–water partition coefficient (Wildman–Crippen LogP) is 3.03. The molecule has 0 aliphatic carbocycles. The summed E-state index contributed by atoms with van der Waals surface area (Å²) in [6.45, 7) is 0. The second-order valence-electron chi connectivity index (χ2n) is 3.89. The van der Waals surface area contributed by atoms with E-state index in [1.165, 1.54) is 30.3 Å². The monoisotopic (exact) mass is 346 g/mol. The minimum Gasteiger partial charge on any atom is -0.218 e. The highest BCUT2D eigenvalue weighted by Crippen LogP contribution is 2.25. The van der Waals surface area contributed by atoms with Gasteiger partial charge in [-0.05, 0) is 42.5 Å². The lowest BCUT2D eigenvalue weighted by atomic mass is 10.1. The van der Waals surface area contributed by atoms with Gasteiger partial charge in [0, 0.05) is 4.47 Å². The van der Waals surface area contributed by atoms with Crippen molar-refractivity contribution >= 4 is 25.8 Å². The van der Waals surface area contributed by atoms with Crippen LogP contribution in [0.1, 0.15) is 11.1 Å². The lowest BCUT2D eigenvalue weighted by Gasteiger charge is -2.06. The summed E-state index contributed by atoms with van der Waals surface area (Å²) in [5, 5.41) is 17.8. The number of benzene rings is 2. The van der Waals surface area contributed by atoms with E-state index in [0.29, 0.717) is 0 Å². The molecule has 0 aliphatic rings. The van der Waals surface area contributed by atoms with Gasteiger partial charge in [0.1, 0.15) is 6.07 Å². The standard InChI is InChI=1S/C14H7BrN2O2S/c15-12-2-4-13(5-3-12)20(18,19)14-6-1-10(8-16)7-11(14)9-17/h1-7H. The third kappa shape index (κ3) is 2.57. The Labute approximate surface area is 124 Å². The molecule has 0 spiro atoms. The summed E-state index contributed by atoms with van der Waals surface area (Å²) in [7, 11) is -3.78. The van der Waals surface area contributed by atoms with Crippen LogP contribution in [-0.2, 0) is 9.84 Å². The van der Waals surface area contributed by atoms with Gasteiger partial charge in [-0.3, -0.25) is 0 Å². The van der Waals surface area contributed by atoms with Crippen molar-refractivity contribution in [2.24, 2.45) is 0 Å². The van der Waals surface area contributed by atoms with Crippen LogP contribution in [0.4, 0.5) is 0 Å². The molecule has 0 aliphatic heterocycles. The number of rotatable bonds is 2. The van der Waals surface area contributed by atoms with Crippen LogP contribution in [0, 0.1) is 22.7 Å². The van der Waals surface area contributed by atoms with Crippen molar-refractivity contribution in [3.63, 3.8) is 0 Å². The van der Waals surface area contributed by atoms with Gasteiger partial charge in [-0.25, -0.2) is 8.42 Å². The maximum Gasteiger partial charge on any atom is 0.207 e. The molecule has 0 bridgehead atoms. The van der Waals surface area contributed by atoms with E-state index in [4.69, 9.17) is 10.5 Å². The number of nitrogens with zero attached hydrogens (tertiary/aromatic N) is 2. The summed E-state index contributed by atoms with van der Waals surface area (Å²) in [6.07, 6.45) is 0. The van der Waals surface area contributed by atoms with Crippen LogP contribution in [0.2, 0.25) is 0 Å². The maximum atomic E-state index is 12.5. The van der Waals surface area contributed by atoms with Crippen molar-refractivity contribution in [3.05, 3.63) is 58.1 Å². The molecule has 2 aromatic rings. The highest BCUT2D eigenvalue weighted by molar-refractivity contribution is 9.10. The summed E-state index contributed by atoms with van der Waals surface area (Å²) in [4.78, 5) is 0.00299. The maximum absolute atomic E-state index is 12.5. The summed E-state index contributed by atoms with van der Waals surface area (Å²) in [6, 6.07) is 13.8. The fraction of sp³-hybridized carbons (Fsp3) is 0. The average molecular weight is 347 g/mol. The zero-order valence-corrected chi connectivity index (χ0v) is 12.4. The Hall–Kier alpha value is -2.15. The molecule has 0 radical (unpaired) electrons. The van der Waals surface area contributed by atoms with Crippen LogP contribution in [0.15, 0.2) is 56.7 Å². The van der Waals surface area contributed by atoms with Crippen LogP contribution in [-0.4, -0.2) is 8.42 Å². The predicted molar refractivity (Wildman–Crippen MR) is 75.5 cm³/mol.